The number of benzene rings is 1. The molecule has 3 heterocycles. The number of hydrogen-bond acceptors (Lipinski definition) is 6. The molecule has 1 aromatic carbocycles. The van der Waals surface area contributed by atoms with Crippen LogP contribution in [0.4, 0.5) is 4.79 Å². The van der Waals surface area contributed by atoms with Gasteiger partial charge >= 0.3 is 6.09 Å². The lowest BCUT2D eigenvalue weighted by atomic mass is 10.1. The summed E-state index contributed by atoms with van der Waals surface area (Å²) in [4.78, 5) is 39.1. The minimum Gasteiger partial charge on any atom is -0.465 e. The number of fused-ring (bicyclic) bond motifs is 3. The number of carbonyl (C=O) groups excluding carboxylic acids is 2. The van der Waals surface area contributed by atoms with Crippen molar-refractivity contribution in [3.05, 3.63) is 42.1 Å². The molecule has 1 saturated heterocycles. The molecule has 3 aromatic rings. The molecule has 1 atom stereocenters. The predicted octanol–water partition coefficient (Wildman–Crippen LogP) is 1.82. The molecule has 0 aliphatic carbocycles. The van der Waals surface area contributed by atoms with Gasteiger partial charge < -0.3 is 24.5 Å². The average Bonchev–Trinajstić information content (AvgIpc) is 3.15. The van der Waals surface area contributed by atoms with E-state index in [1.54, 1.807) is 6.20 Å². The van der Waals surface area contributed by atoms with Crippen LogP contribution in [0.5, 0.6) is 0 Å². The van der Waals surface area contributed by atoms with Gasteiger partial charge in [0.25, 0.3) is 0 Å². The summed E-state index contributed by atoms with van der Waals surface area (Å²) in [6.45, 7) is 1.36. The average molecular weight is 464 g/mol. The highest BCUT2D eigenvalue weighted by molar-refractivity contribution is 6.11. The number of imide groups is 1. The topological polar surface area (TPSA) is 132 Å². The number of piperidine rings is 1. The van der Waals surface area contributed by atoms with Gasteiger partial charge in [-0.25, -0.2) is 9.78 Å². The molecule has 34 heavy (non-hydrogen) atoms. The first kappa shape index (κ1) is 23.2. The second-order valence-corrected chi connectivity index (χ2v) is 7.61. The number of carbonyl (C=O) groups is 3. The maximum Gasteiger partial charge on any atom is 0.404 e. The zero-order valence-corrected chi connectivity index (χ0v) is 18.4. The molecule has 0 spiro atoms. The summed E-state index contributed by atoms with van der Waals surface area (Å²) in [6, 6.07) is 9.05. The third kappa shape index (κ3) is 5.17. The van der Waals surface area contributed by atoms with Crippen LogP contribution < -0.4 is 10.6 Å². The van der Waals surface area contributed by atoms with Gasteiger partial charge in [0, 0.05) is 35.5 Å². The van der Waals surface area contributed by atoms with Crippen LogP contribution in [0.15, 0.2) is 36.5 Å². The van der Waals surface area contributed by atoms with E-state index in [4.69, 9.17) is 14.6 Å². The molecule has 1 aliphatic rings. The molecule has 0 saturated carbocycles. The molecule has 2 aromatic heterocycles. The minimum atomic E-state index is -1.08. The Morgan fingerprint density at radius 3 is 2.85 bits per heavy atom. The van der Waals surface area contributed by atoms with Crippen LogP contribution in [0.2, 0.25) is 0 Å². The fourth-order valence-corrected chi connectivity index (χ4v) is 3.96. The van der Waals surface area contributed by atoms with Crippen molar-refractivity contribution in [2.24, 2.45) is 0 Å². The van der Waals surface area contributed by atoms with Crippen LogP contribution in [0, 0.1) is 11.8 Å². The minimum absolute atomic E-state index is 0.201. The maximum absolute atomic E-state index is 12.6. The Balaban J connectivity index is 1.49. The summed E-state index contributed by atoms with van der Waals surface area (Å²) in [7, 11) is 0. The smallest absolute Gasteiger partial charge is 0.404 e. The first-order valence-corrected chi connectivity index (χ1v) is 10.9. The highest BCUT2D eigenvalue weighted by atomic mass is 16.5. The zero-order valence-electron chi connectivity index (χ0n) is 18.4. The predicted molar refractivity (Wildman–Crippen MR) is 123 cm³/mol. The van der Waals surface area contributed by atoms with Gasteiger partial charge in [-0.3, -0.25) is 14.9 Å². The van der Waals surface area contributed by atoms with Gasteiger partial charge in [-0.15, -0.1) is 0 Å². The zero-order chi connectivity index (χ0) is 23.9. The quantitative estimate of drug-likeness (QED) is 0.263. The first-order valence-electron chi connectivity index (χ1n) is 10.9. The molecule has 10 nitrogen and oxygen atoms in total. The fourth-order valence-electron chi connectivity index (χ4n) is 3.96. The summed E-state index contributed by atoms with van der Waals surface area (Å²) in [5, 5.41) is 14.9. The normalized spacial score (nSPS) is 15.7. The second-order valence-electron chi connectivity index (χ2n) is 7.61. The van der Waals surface area contributed by atoms with Crippen LogP contribution in [0.1, 0.15) is 24.4 Å². The lowest BCUT2D eigenvalue weighted by molar-refractivity contribution is -0.135. The van der Waals surface area contributed by atoms with Crippen molar-refractivity contribution in [1.29, 1.82) is 0 Å². The molecule has 10 heteroatoms. The molecular weight excluding hydrogens is 440 g/mol. The number of nitrogens with zero attached hydrogens (tertiary/aromatic N) is 2. The number of aromatic nitrogens is 2. The molecule has 4 rings (SSSR count). The number of rotatable bonds is 8. The lowest BCUT2D eigenvalue weighted by Crippen LogP contribution is -2.41. The van der Waals surface area contributed by atoms with Crippen molar-refractivity contribution in [1.82, 2.24) is 20.2 Å². The Morgan fingerprint density at radius 1 is 1.21 bits per heavy atom. The number of pyridine rings is 1. The monoisotopic (exact) mass is 464 g/mol. The first-order chi connectivity index (χ1) is 16.6. The van der Waals surface area contributed by atoms with E-state index in [-0.39, 0.29) is 38.0 Å². The van der Waals surface area contributed by atoms with Crippen molar-refractivity contribution < 1.29 is 29.0 Å². The number of hydrogen-bond donors (Lipinski definition) is 3. The molecule has 176 valence electrons. The Morgan fingerprint density at radius 2 is 2.03 bits per heavy atom. The van der Waals surface area contributed by atoms with E-state index >= 15 is 0 Å². The van der Waals surface area contributed by atoms with Gasteiger partial charge in [-0.05, 0) is 18.6 Å². The number of carboxylic acid groups (broad SMARTS) is 1. The number of ether oxygens (including phenoxy) is 2. The van der Waals surface area contributed by atoms with Crippen LogP contribution >= 0.6 is 0 Å². The summed E-state index contributed by atoms with van der Waals surface area (Å²) in [5.74, 6) is 5.55. The summed E-state index contributed by atoms with van der Waals surface area (Å²) in [6.07, 6.45) is 1.27. The Bertz CT molecular complexity index is 1290. The van der Waals surface area contributed by atoms with Crippen molar-refractivity contribution in [3.63, 3.8) is 0 Å². The van der Waals surface area contributed by atoms with E-state index < -0.39 is 12.1 Å². The third-order valence-electron chi connectivity index (χ3n) is 5.41. The Labute approximate surface area is 195 Å². The van der Waals surface area contributed by atoms with Crippen molar-refractivity contribution >= 4 is 39.8 Å². The largest absolute Gasteiger partial charge is 0.465 e. The van der Waals surface area contributed by atoms with Crippen LogP contribution in [-0.4, -0.2) is 65.5 Å². The van der Waals surface area contributed by atoms with E-state index in [1.165, 1.54) is 0 Å². The van der Waals surface area contributed by atoms with Crippen molar-refractivity contribution in [2.75, 3.05) is 33.0 Å². The third-order valence-corrected chi connectivity index (χ3v) is 5.41. The molecule has 3 amide bonds. The molecular formula is C24H24N4O6. The lowest BCUT2D eigenvalue weighted by Gasteiger charge is -2.23. The fraction of sp³-hybridized carbons (Fsp3) is 0.333. The number of amides is 3. The van der Waals surface area contributed by atoms with Crippen molar-refractivity contribution in [2.45, 2.75) is 18.9 Å². The van der Waals surface area contributed by atoms with Gasteiger partial charge in [0.05, 0.1) is 25.3 Å². The van der Waals surface area contributed by atoms with Crippen molar-refractivity contribution in [3.8, 4) is 11.8 Å². The van der Waals surface area contributed by atoms with E-state index in [2.05, 4.69) is 27.5 Å². The number of para-hydroxylation sites is 1. The molecule has 0 radical (unpaired) electrons. The molecule has 1 aliphatic heterocycles. The summed E-state index contributed by atoms with van der Waals surface area (Å²) < 4.78 is 12.6. The Kier molecular flexibility index (Phi) is 7.37. The highest BCUT2D eigenvalue weighted by Crippen LogP contribution is 2.34. The Hall–Kier alpha value is -3.94. The summed E-state index contributed by atoms with van der Waals surface area (Å²) >= 11 is 0. The molecule has 0 bridgehead atoms. The molecule has 3 N–H and O–H groups in total. The van der Waals surface area contributed by atoms with Crippen LogP contribution in [0.25, 0.3) is 21.9 Å². The van der Waals surface area contributed by atoms with Gasteiger partial charge in [0.1, 0.15) is 18.3 Å². The van der Waals surface area contributed by atoms with E-state index in [1.807, 2.05) is 34.9 Å². The maximum atomic E-state index is 12.6. The van der Waals surface area contributed by atoms with E-state index in [0.29, 0.717) is 25.3 Å². The standard InChI is InChI=1S/C24H24N4O6/c29-20-8-7-19(23(30)27-20)28-18-6-2-1-5-17(18)21-16(9-10-25-22(21)28)4-3-12-33-14-15-34-13-11-26-24(31)32/h1-2,5-6,9-10,19,26H,7-8,11-15H2,(H,31,32)(H,27,29,30)/t19-/m0/s1. The van der Waals surface area contributed by atoms with Crippen LogP contribution in [-0.2, 0) is 19.1 Å². The van der Waals surface area contributed by atoms with E-state index in [9.17, 15) is 14.4 Å². The highest BCUT2D eigenvalue weighted by Gasteiger charge is 2.31. The van der Waals surface area contributed by atoms with Crippen LogP contribution in [0.3, 0.4) is 0 Å². The number of nitrogens with one attached hydrogen (secondary N) is 2. The molecule has 0 unspecified atom stereocenters. The van der Waals surface area contributed by atoms with E-state index in [0.717, 1.165) is 21.9 Å². The second kappa shape index (κ2) is 10.8. The SMILES string of the molecule is O=C(O)NCCOCCOCC#Cc1ccnc2c1c1ccccc1n2[C@H]1CCC(=O)NC1=O. The summed E-state index contributed by atoms with van der Waals surface area (Å²) in [5.41, 5.74) is 2.28. The van der Waals surface area contributed by atoms with Gasteiger partial charge in [0.2, 0.25) is 11.8 Å². The molecule has 1 fully saturated rings. The van der Waals surface area contributed by atoms with Gasteiger partial charge in [-0.1, -0.05) is 30.0 Å². The van der Waals surface area contributed by atoms with Gasteiger partial charge in [0.15, 0.2) is 0 Å². The van der Waals surface area contributed by atoms with Gasteiger partial charge in [-0.2, -0.15) is 0 Å².